The number of benzene rings is 3. The highest BCUT2D eigenvalue weighted by Gasteiger charge is 2.16. The normalized spacial score (nSPS) is 11.3. The number of para-hydroxylation sites is 1. The summed E-state index contributed by atoms with van der Waals surface area (Å²) in [6, 6.07) is 21.4. The van der Waals surface area contributed by atoms with Gasteiger partial charge in [-0.3, -0.25) is 4.79 Å². The fourth-order valence-corrected chi connectivity index (χ4v) is 4.24. The van der Waals surface area contributed by atoms with Crippen LogP contribution in [0, 0.1) is 5.82 Å². The average molecular weight is 464 g/mol. The van der Waals surface area contributed by atoms with Gasteiger partial charge in [0.1, 0.15) is 5.82 Å². The van der Waals surface area contributed by atoms with Crippen molar-refractivity contribution >= 4 is 15.7 Å². The Morgan fingerprint density at radius 1 is 0.970 bits per heavy atom. The van der Waals surface area contributed by atoms with Gasteiger partial charge in [-0.2, -0.15) is 5.10 Å². The number of carbonyl (C=O) groups excluding carboxylic acids is 1. The smallest absolute Gasteiger partial charge is 0.251 e. The summed E-state index contributed by atoms with van der Waals surface area (Å²) in [6.45, 7) is 1.76. The Balaban J connectivity index is 1.58. The summed E-state index contributed by atoms with van der Waals surface area (Å²) in [7, 11) is -3.33. The van der Waals surface area contributed by atoms with Crippen molar-refractivity contribution in [1.82, 2.24) is 15.1 Å². The van der Waals surface area contributed by atoms with Gasteiger partial charge in [0.05, 0.1) is 22.0 Å². The lowest BCUT2D eigenvalue weighted by atomic mass is 10.1. The Hall–Kier alpha value is -3.78. The molecule has 0 atom stereocenters. The minimum atomic E-state index is -3.33. The molecule has 0 saturated heterocycles. The number of carbonyl (C=O) groups is 1. The molecule has 0 unspecified atom stereocenters. The molecule has 4 aromatic rings. The zero-order chi connectivity index (χ0) is 23.4. The molecule has 0 bridgehead atoms. The van der Waals surface area contributed by atoms with Crippen molar-refractivity contribution in [3.63, 3.8) is 0 Å². The van der Waals surface area contributed by atoms with Crippen LogP contribution in [0.3, 0.4) is 0 Å². The van der Waals surface area contributed by atoms with Crippen LogP contribution in [0.1, 0.15) is 22.8 Å². The minimum absolute atomic E-state index is 0.00386. The van der Waals surface area contributed by atoms with Crippen LogP contribution in [0.2, 0.25) is 0 Å². The van der Waals surface area contributed by atoms with E-state index < -0.39 is 9.84 Å². The van der Waals surface area contributed by atoms with E-state index in [-0.39, 0.29) is 28.9 Å². The molecule has 8 heteroatoms. The quantitative estimate of drug-likeness (QED) is 0.440. The van der Waals surface area contributed by atoms with Crippen LogP contribution in [0.15, 0.2) is 90.0 Å². The average Bonchev–Trinajstić information content (AvgIpc) is 3.28. The molecule has 0 fully saturated rings. The van der Waals surface area contributed by atoms with Gasteiger partial charge in [-0.25, -0.2) is 17.5 Å². The Labute approximate surface area is 191 Å². The third kappa shape index (κ3) is 5.01. The van der Waals surface area contributed by atoms with Crippen LogP contribution in [0.5, 0.6) is 0 Å². The summed E-state index contributed by atoms with van der Waals surface area (Å²) in [5, 5.41) is 7.51. The van der Waals surface area contributed by atoms with E-state index in [9.17, 15) is 17.6 Å². The number of rotatable bonds is 7. The molecule has 0 spiro atoms. The first-order chi connectivity index (χ1) is 15.9. The molecule has 6 nitrogen and oxygen atoms in total. The van der Waals surface area contributed by atoms with Crippen molar-refractivity contribution in [2.45, 2.75) is 18.4 Å². The fourth-order valence-electron chi connectivity index (χ4n) is 3.36. The zero-order valence-corrected chi connectivity index (χ0v) is 18.7. The summed E-state index contributed by atoms with van der Waals surface area (Å²) >= 11 is 0. The second-order valence-electron chi connectivity index (χ2n) is 7.40. The number of nitrogens with one attached hydrogen (secondary N) is 1. The van der Waals surface area contributed by atoms with Gasteiger partial charge in [-0.1, -0.05) is 25.1 Å². The number of hydrogen-bond donors (Lipinski definition) is 1. The van der Waals surface area contributed by atoms with E-state index in [0.717, 1.165) is 16.8 Å². The number of aromatic nitrogens is 2. The number of amides is 1. The zero-order valence-electron chi connectivity index (χ0n) is 17.9. The maximum atomic E-state index is 13.4. The van der Waals surface area contributed by atoms with Crippen molar-refractivity contribution in [3.8, 4) is 16.9 Å². The molecule has 3 aromatic carbocycles. The maximum absolute atomic E-state index is 13.4. The van der Waals surface area contributed by atoms with Gasteiger partial charge in [0.15, 0.2) is 9.84 Å². The summed E-state index contributed by atoms with van der Waals surface area (Å²) in [5.41, 5.74) is 3.31. The maximum Gasteiger partial charge on any atom is 0.251 e. The van der Waals surface area contributed by atoms with E-state index in [1.165, 1.54) is 36.4 Å². The van der Waals surface area contributed by atoms with Gasteiger partial charge in [0.25, 0.3) is 5.91 Å². The summed E-state index contributed by atoms with van der Waals surface area (Å²) in [5.74, 6) is -0.687. The Kier molecular flexibility index (Phi) is 6.37. The van der Waals surface area contributed by atoms with Gasteiger partial charge in [0, 0.05) is 29.4 Å². The third-order valence-corrected chi connectivity index (χ3v) is 6.97. The first-order valence-corrected chi connectivity index (χ1v) is 12.0. The fraction of sp³-hybridized carbons (Fsp3) is 0.120. The van der Waals surface area contributed by atoms with E-state index in [0.29, 0.717) is 11.3 Å². The van der Waals surface area contributed by atoms with E-state index in [1.54, 1.807) is 23.7 Å². The molecule has 1 amide bonds. The Bertz CT molecular complexity index is 1360. The summed E-state index contributed by atoms with van der Waals surface area (Å²) < 4.78 is 39.1. The molecule has 4 rings (SSSR count). The lowest BCUT2D eigenvalue weighted by molar-refractivity contribution is 0.0951. The highest BCUT2D eigenvalue weighted by Crippen LogP contribution is 2.24. The van der Waals surface area contributed by atoms with Gasteiger partial charge in [-0.15, -0.1) is 0 Å². The minimum Gasteiger partial charge on any atom is -0.348 e. The number of halogens is 1. The molecule has 1 aromatic heterocycles. The number of nitrogens with zero attached hydrogens (tertiary/aromatic N) is 2. The molecule has 0 saturated carbocycles. The van der Waals surface area contributed by atoms with Crippen LogP contribution >= 0.6 is 0 Å². The molecular formula is C25H22FN3O3S. The lowest BCUT2D eigenvalue weighted by Crippen LogP contribution is -2.23. The molecule has 1 heterocycles. The number of sulfone groups is 1. The summed E-state index contributed by atoms with van der Waals surface area (Å²) in [6.07, 6.45) is 1.82. The predicted molar refractivity (Wildman–Crippen MR) is 124 cm³/mol. The highest BCUT2D eigenvalue weighted by molar-refractivity contribution is 7.91. The molecule has 168 valence electrons. The Morgan fingerprint density at radius 3 is 2.27 bits per heavy atom. The SMILES string of the molecule is CCS(=O)(=O)c1ccc(C(=O)NCc2cn(-c3ccccc3)nc2-c2ccc(F)cc2)cc1. The highest BCUT2D eigenvalue weighted by atomic mass is 32.2. The van der Waals surface area contributed by atoms with Crippen LogP contribution in [-0.4, -0.2) is 29.9 Å². The Morgan fingerprint density at radius 2 is 1.64 bits per heavy atom. The van der Waals surface area contributed by atoms with E-state index in [4.69, 9.17) is 0 Å². The molecule has 0 aliphatic carbocycles. The first-order valence-electron chi connectivity index (χ1n) is 10.4. The first kappa shape index (κ1) is 22.4. The van der Waals surface area contributed by atoms with Gasteiger partial charge in [-0.05, 0) is 60.7 Å². The monoisotopic (exact) mass is 463 g/mol. The van der Waals surface area contributed by atoms with Crippen molar-refractivity contribution in [3.05, 3.63) is 102 Å². The van der Waals surface area contributed by atoms with Crippen LogP contribution in [0.4, 0.5) is 4.39 Å². The standard InChI is InChI=1S/C25H22FN3O3S/c1-2-33(31,32)23-14-10-19(11-15-23)25(30)27-16-20-17-29(22-6-4-3-5-7-22)28-24(20)18-8-12-21(26)13-9-18/h3-15,17H,2,16H2,1H3,(H,27,30). The van der Waals surface area contributed by atoms with E-state index >= 15 is 0 Å². The van der Waals surface area contributed by atoms with Crippen LogP contribution in [-0.2, 0) is 16.4 Å². The summed E-state index contributed by atoms with van der Waals surface area (Å²) in [4.78, 5) is 12.9. The van der Waals surface area contributed by atoms with E-state index in [1.807, 2.05) is 36.5 Å². The van der Waals surface area contributed by atoms with E-state index in [2.05, 4.69) is 10.4 Å². The topological polar surface area (TPSA) is 81.1 Å². The molecular weight excluding hydrogens is 441 g/mol. The molecule has 0 aliphatic rings. The largest absolute Gasteiger partial charge is 0.348 e. The molecule has 0 aliphatic heterocycles. The van der Waals surface area contributed by atoms with Crippen LogP contribution in [0.25, 0.3) is 16.9 Å². The van der Waals surface area contributed by atoms with Gasteiger partial charge >= 0.3 is 0 Å². The predicted octanol–water partition coefficient (Wildman–Crippen LogP) is 4.40. The van der Waals surface area contributed by atoms with Crippen LogP contribution < -0.4 is 5.32 Å². The second kappa shape index (κ2) is 9.38. The third-order valence-electron chi connectivity index (χ3n) is 5.22. The second-order valence-corrected chi connectivity index (χ2v) is 9.68. The van der Waals surface area contributed by atoms with Crippen molar-refractivity contribution in [2.24, 2.45) is 0 Å². The van der Waals surface area contributed by atoms with Crippen molar-refractivity contribution < 1.29 is 17.6 Å². The van der Waals surface area contributed by atoms with Gasteiger partial charge < -0.3 is 5.32 Å². The van der Waals surface area contributed by atoms with Gasteiger partial charge in [0.2, 0.25) is 0 Å². The van der Waals surface area contributed by atoms with Crippen molar-refractivity contribution in [2.75, 3.05) is 5.75 Å². The molecule has 1 N–H and O–H groups in total. The lowest BCUT2D eigenvalue weighted by Gasteiger charge is -2.07. The number of hydrogen-bond acceptors (Lipinski definition) is 4. The van der Waals surface area contributed by atoms with Crippen molar-refractivity contribution in [1.29, 1.82) is 0 Å². The molecule has 0 radical (unpaired) electrons. The molecule has 33 heavy (non-hydrogen) atoms.